The Kier molecular flexibility index (Phi) is 9.36. The summed E-state index contributed by atoms with van der Waals surface area (Å²) in [7, 11) is 0. The summed E-state index contributed by atoms with van der Waals surface area (Å²) in [5.41, 5.74) is 6.07. The number of rotatable bonds is 6. The van der Waals surface area contributed by atoms with Gasteiger partial charge in [0.2, 0.25) is 11.8 Å². The summed E-state index contributed by atoms with van der Waals surface area (Å²) in [6, 6.07) is 9.79. The van der Waals surface area contributed by atoms with E-state index in [-0.39, 0.29) is 47.3 Å². The molecular formula is C30H36ClF3N6O3. The summed E-state index contributed by atoms with van der Waals surface area (Å²) < 4.78 is 40.9. The number of nitrogens with one attached hydrogen (secondary N) is 2. The van der Waals surface area contributed by atoms with Crippen molar-refractivity contribution in [2.75, 3.05) is 56.9 Å². The van der Waals surface area contributed by atoms with Crippen LogP contribution in [0.5, 0.6) is 0 Å². The van der Waals surface area contributed by atoms with E-state index >= 15 is 0 Å². The second kappa shape index (κ2) is 13.0. The minimum absolute atomic E-state index is 0.0330. The van der Waals surface area contributed by atoms with Gasteiger partial charge in [-0.05, 0) is 55.0 Å². The van der Waals surface area contributed by atoms with Crippen molar-refractivity contribution in [3.05, 3.63) is 58.1 Å². The molecule has 43 heavy (non-hydrogen) atoms. The van der Waals surface area contributed by atoms with Crippen LogP contribution in [0.1, 0.15) is 36.0 Å². The number of halogens is 4. The van der Waals surface area contributed by atoms with Crippen LogP contribution >= 0.6 is 11.6 Å². The number of hydrogen-bond donors (Lipinski definition) is 3. The predicted octanol–water partition coefficient (Wildman–Crippen LogP) is 4.00. The van der Waals surface area contributed by atoms with E-state index in [0.717, 1.165) is 23.7 Å². The van der Waals surface area contributed by atoms with Crippen molar-refractivity contribution in [1.82, 2.24) is 20.0 Å². The van der Waals surface area contributed by atoms with Gasteiger partial charge in [-0.25, -0.2) is 4.79 Å². The number of urea groups is 1. The maximum Gasteiger partial charge on any atom is 0.418 e. The molecule has 1 unspecified atom stereocenters. The molecule has 13 heteroatoms. The van der Waals surface area contributed by atoms with Gasteiger partial charge in [0.25, 0.3) is 0 Å². The molecule has 0 saturated carbocycles. The van der Waals surface area contributed by atoms with E-state index in [2.05, 4.69) is 10.6 Å². The SMILES string of the molecule is Nc1c(Cl)cc(CC(CC(=O)N2CCC(N3CCc4ccccc4NC3=O)CC2)C(=O)N2CCNCC2)cc1C(F)(F)F. The first kappa shape index (κ1) is 30.9. The van der Waals surface area contributed by atoms with Crippen LogP contribution < -0.4 is 16.4 Å². The topological polar surface area (TPSA) is 111 Å². The van der Waals surface area contributed by atoms with E-state index in [9.17, 15) is 27.6 Å². The van der Waals surface area contributed by atoms with E-state index in [1.807, 2.05) is 29.2 Å². The van der Waals surface area contributed by atoms with Crippen molar-refractivity contribution in [2.24, 2.45) is 5.92 Å². The number of alkyl halides is 3. The normalized spacial score (nSPS) is 19.0. The van der Waals surface area contributed by atoms with Crippen molar-refractivity contribution >= 4 is 40.8 Å². The molecule has 2 aromatic carbocycles. The zero-order chi connectivity index (χ0) is 30.7. The van der Waals surface area contributed by atoms with Crippen LogP contribution in [0.2, 0.25) is 5.02 Å². The minimum atomic E-state index is -4.71. The number of likely N-dealkylation sites (tertiary alicyclic amines) is 1. The van der Waals surface area contributed by atoms with Gasteiger partial charge >= 0.3 is 12.2 Å². The molecule has 3 aliphatic heterocycles. The maximum absolute atomic E-state index is 13.6. The molecular weight excluding hydrogens is 585 g/mol. The van der Waals surface area contributed by atoms with E-state index in [0.29, 0.717) is 58.7 Å². The third-order valence-electron chi connectivity index (χ3n) is 8.58. The molecule has 9 nitrogen and oxygen atoms in total. The summed E-state index contributed by atoms with van der Waals surface area (Å²) >= 11 is 6.05. The third kappa shape index (κ3) is 7.18. The Hall–Kier alpha value is -3.51. The van der Waals surface area contributed by atoms with Crippen LogP contribution in [0.3, 0.4) is 0 Å². The van der Waals surface area contributed by atoms with Gasteiger partial charge in [0, 0.05) is 64.0 Å². The average Bonchev–Trinajstić information content (AvgIpc) is 3.16. The summed E-state index contributed by atoms with van der Waals surface area (Å²) in [4.78, 5) is 45.2. The molecule has 1 atom stereocenters. The molecule has 0 aliphatic carbocycles. The van der Waals surface area contributed by atoms with Crippen molar-refractivity contribution in [2.45, 2.75) is 44.3 Å². The van der Waals surface area contributed by atoms with Gasteiger partial charge in [-0.15, -0.1) is 0 Å². The van der Waals surface area contributed by atoms with E-state index < -0.39 is 23.3 Å². The second-order valence-corrected chi connectivity index (χ2v) is 11.8. The molecule has 0 spiro atoms. The Morgan fingerprint density at radius 1 is 1.02 bits per heavy atom. The molecule has 2 fully saturated rings. The second-order valence-electron chi connectivity index (χ2n) is 11.4. The van der Waals surface area contributed by atoms with E-state index in [1.54, 1.807) is 9.80 Å². The summed E-state index contributed by atoms with van der Waals surface area (Å²) in [5.74, 6) is -1.37. The van der Waals surface area contributed by atoms with Crippen LogP contribution in [0.25, 0.3) is 0 Å². The highest BCUT2D eigenvalue weighted by atomic mass is 35.5. The molecule has 0 radical (unpaired) electrons. The van der Waals surface area contributed by atoms with Crippen molar-refractivity contribution in [1.29, 1.82) is 0 Å². The molecule has 4 amide bonds. The van der Waals surface area contributed by atoms with Gasteiger partial charge < -0.3 is 31.1 Å². The van der Waals surface area contributed by atoms with Crippen molar-refractivity contribution in [3.63, 3.8) is 0 Å². The molecule has 4 N–H and O–H groups in total. The first-order valence-electron chi connectivity index (χ1n) is 14.6. The lowest BCUT2D eigenvalue weighted by atomic mass is 9.92. The first-order chi connectivity index (χ1) is 20.5. The monoisotopic (exact) mass is 620 g/mol. The lowest BCUT2D eigenvalue weighted by Gasteiger charge is -2.38. The third-order valence-corrected chi connectivity index (χ3v) is 8.89. The van der Waals surface area contributed by atoms with Crippen molar-refractivity contribution in [3.8, 4) is 0 Å². The number of fused-ring (bicyclic) bond motifs is 1. The number of benzene rings is 2. The van der Waals surface area contributed by atoms with Gasteiger partial charge in [-0.2, -0.15) is 13.2 Å². The smallest absolute Gasteiger partial charge is 0.397 e. The number of anilines is 2. The number of piperidine rings is 1. The Morgan fingerprint density at radius 2 is 1.72 bits per heavy atom. The fourth-order valence-electron chi connectivity index (χ4n) is 6.21. The van der Waals surface area contributed by atoms with Crippen LogP contribution in [-0.4, -0.2) is 84.4 Å². The summed E-state index contributed by atoms with van der Waals surface area (Å²) in [5, 5.41) is 5.92. The molecule has 3 aliphatic rings. The zero-order valence-corrected chi connectivity index (χ0v) is 24.5. The number of hydrogen-bond acceptors (Lipinski definition) is 5. The Bertz CT molecular complexity index is 1360. The zero-order valence-electron chi connectivity index (χ0n) is 23.8. The van der Waals surface area contributed by atoms with Gasteiger partial charge in [-0.3, -0.25) is 9.59 Å². The fourth-order valence-corrected chi connectivity index (χ4v) is 6.45. The van der Waals surface area contributed by atoms with E-state index in [1.165, 1.54) is 6.07 Å². The summed E-state index contributed by atoms with van der Waals surface area (Å²) in [6.07, 6.45) is -3.02. The molecule has 2 aromatic rings. The molecule has 2 saturated heterocycles. The maximum atomic E-state index is 13.6. The van der Waals surface area contributed by atoms with Crippen LogP contribution in [0.4, 0.5) is 29.3 Å². The Balaban J connectivity index is 1.26. The first-order valence-corrected chi connectivity index (χ1v) is 15.0. The van der Waals surface area contributed by atoms with Crippen LogP contribution in [0.15, 0.2) is 36.4 Å². The molecule has 5 rings (SSSR count). The highest BCUT2D eigenvalue weighted by Crippen LogP contribution is 2.38. The number of para-hydroxylation sites is 1. The standard InChI is InChI=1S/C30H36ClF3N6O3/c31-24-17-19(16-23(27(24)35)30(32,33)34)15-21(28(42)39-13-8-36-9-14-39)18-26(41)38-10-6-22(7-11-38)40-12-5-20-3-1-2-4-25(20)37-29(40)43/h1-4,16-17,21-22,36H,5-15,18,35H2,(H,37,43). The van der Waals surface area contributed by atoms with E-state index in [4.69, 9.17) is 17.3 Å². The lowest BCUT2D eigenvalue weighted by molar-refractivity contribution is -0.142. The largest absolute Gasteiger partial charge is 0.418 e. The van der Waals surface area contributed by atoms with Crippen LogP contribution in [-0.2, 0) is 28.6 Å². The highest BCUT2D eigenvalue weighted by molar-refractivity contribution is 6.33. The average molecular weight is 621 g/mol. The van der Waals surface area contributed by atoms with Crippen LogP contribution in [0, 0.1) is 5.92 Å². The fraction of sp³-hybridized carbons (Fsp3) is 0.500. The lowest BCUT2D eigenvalue weighted by Crippen LogP contribution is -2.51. The van der Waals surface area contributed by atoms with Gasteiger partial charge in [0.1, 0.15) is 0 Å². The Morgan fingerprint density at radius 3 is 2.42 bits per heavy atom. The molecule has 232 valence electrons. The number of carbonyl (C=O) groups excluding carboxylic acids is 3. The molecule has 0 aromatic heterocycles. The van der Waals surface area contributed by atoms with Crippen molar-refractivity contribution < 1.29 is 27.6 Å². The number of nitrogens with zero attached hydrogens (tertiary/aromatic N) is 3. The molecule has 3 heterocycles. The van der Waals surface area contributed by atoms with Gasteiger partial charge in [0.15, 0.2) is 0 Å². The number of piperazine rings is 1. The Labute approximate surface area is 253 Å². The quantitative estimate of drug-likeness (QED) is 0.423. The van der Waals surface area contributed by atoms with Gasteiger partial charge in [0.05, 0.1) is 22.2 Å². The number of carbonyl (C=O) groups is 3. The molecule has 0 bridgehead atoms. The predicted molar refractivity (Wildman–Crippen MR) is 158 cm³/mol. The minimum Gasteiger partial charge on any atom is -0.397 e. The van der Waals surface area contributed by atoms with Gasteiger partial charge in [-0.1, -0.05) is 29.8 Å². The summed E-state index contributed by atoms with van der Waals surface area (Å²) in [6.45, 7) is 3.51. The number of amides is 4. The highest BCUT2D eigenvalue weighted by Gasteiger charge is 2.37. The number of nitrogens with two attached hydrogens (primary N) is 1. The number of nitrogen functional groups attached to an aromatic ring is 1.